The number of aromatic nitrogens is 2. The zero-order chi connectivity index (χ0) is 13.7. The van der Waals surface area contributed by atoms with Crippen molar-refractivity contribution in [2.75, 3.05) is 12.4 Å². The van der Waals surface area contributed by atoms with Crippen LogP contribution in [0.3, 0.4) is 0 Å². The molecule has 0 aliphatic carbocycles. The van der Waals surface area contributed by atoms with E-state index in [0.717, 1.165) is 0 Å². The van der Waals surface area contributed by atoms with Gasteiger partial charge in [-0.15, -0.1) is 12.4 Å². The number of hydrogen-bond acceptors (Lipinski definition) is 4. The average Bonchev–Trinajstić information content (AvgIpc) is 2.74. The van der Waals surface area contributed by atoms with Crippen LogP contribution in [0.4, 0.5) is 5.69 Å². The van der Waals surface area contributed by atoms with Crippen molar-refractivity contribution in [3.05, 3.63) is 12.4 Å². The Kier molecular flexibility index (Phi) is 7.10. The molecule has 19 heavy (non-hydrogen) atoms. The molecule has 8 heteroatoms. The summed E-state index contributed by atoms with van der Waals surface area (Å²) in [6, 6.07) is -0.563. The molecule has 1 aromatic rings. The zero-order valence-electron chi connectivity index (χ0n) is 11.2. The summed E-state index contributed by atoms with van der Waals surface area (Å²) in [7, 11) is 1.55. The first kappa shape index (κ1) is 17.4. The first-order chi connectivity index (χ1) is 8.43. The van der Waals surface area contributed by atoms with Crippen molar-refractivity contribution in [1.29, 1.82) is 0 Å². The molecule has 0 saturated heterocycles. The van der Waals surface area contributed by atoms with Crippen molar-refractivity contribution in [3.8, 4) is 0 Å². The van der Waals surface area contributed by atoms with Crippen LogP contribution in [-0.2, 0) is 16.1 Å². The number of nitrogens with zero attached hydrogens (tertiary/aromatic N) is 2. The minimum atomic E-state index is -0.563. The van der Waals surface area contributed by atoms with Gasteiger partial charge in [0.05, 0.1) is 17.9 Å². The number of halogens is 1. The SMILES string of the molecule is CNC(=O)Cn1cc(NC(=O)C(N)C(C)C)cn1.Cl. The summed E-state index contributed by atoms with van der Waals surface area (Å²) >= 11 is 0. The molecule has 0 aliphatic heterocycles. The van der Waals surface area contributed by atoms with Crippen LogP contribution in [0.1, 0.15) is 13.8 Å². The number of rotatable bonds is 5. The fourth-order valence-electron chi connectivity index (χ4n) is 1.27. The molecule has 1 aromatic heterocycles. The Morgan fingerprint density at radius 1 is 1.47 bits per heavy atom. The fraction of sp³-hybridized carbons (Fsp3) is 0.545. The van der Waals surface area contributed by atoms with E-state index in [-0.39, 0.29) is 36.7 Å². The van der Waals surface area contributed by atoms with Gasteiger partial charge >= 0.3 is 0 Å². The predicted octanol–water partition coefficient (Wildman–Crippen LogP) is -0.0273. The molecule has 4 N–H and O–H groups in total. The lowest BCUT2D eigenvalue weighted by Crippen LogP contribution is -2.39. The average molecular weight is 290 g/mol. The van der Waals surface area contributed by atoms with Gasteiger partial charge in [0.25, 0.3) is 0 Å². The summed E-state index contributed by atoms with van der Waals surface area (Å²) in [6.45, 7) is 3.86. The highest BCUT2D eigenvalue weighted by atomic mass is 35.5. The zero-order valence-corrected chi connectivity index (χ0v) is 12.0. The molecular weight excluding hydrogens is 270 g/mol. The third kappa shape index (κ3) is 5.27. The molecule has 1 unspecified atom stereocenters. The number of anilines is 1. The second-order valence-electron chi connectivity index (χ2n) is 4.36. The monoisotopic (exact) mass is 289 g/mol. The Labute approximate surface area is 118 Å². The van der Waals surface area contributed by atoms with E-state index in [1.807, 2.05) is 13.8 Å². The largest absolute Gasteiger partial charge is 0.358 e. The van der Waals surface area contributed by atoms with Crippen molar-refractivity contribution < 1.29 is 9.59 Å². The maximum atomic E-state index is 11.7. The van der Waals surface area contributed by atoms with Gasteiger partial charge in [-0.3, -0.25) is 14.3 Å². The minimum Gasteiger partial charge on any atom is -0.358 e. The van der Waals surface area contributed by atoms with Crippen LogP contribution in [0.2, 0.25) is 0 Å². The van der Waals surface area contributed by atoms with Crippen molar-refractivity contribution in [2.24, 2.45) is 11.7 Å². The number of nitrogens with one attached hydrogen (secondary N) is 2. The maximum absolute atomic E-state index is 11.7. The summed E-state index contributed by atoms with van der Waals surface area (Å²) in [4.78, 5) is 22.8. The van der Waals surface area contributed by atoms with Gasteiger partial charge in [-0.25, -0.2) is 0 Å². The molecule has 7 nitrogen and oxygen atoms in total. The smallest absolute Gasteiger partial charge is 0.241 e. The quantitative estimate of drug-likeness (QED) is 0.708. The molecule has 2 amide bonds. The molecular formula is C11H20ClN5O2. The molecule has 0 bridgehead atoms. The molecule has 0 fully saturated rings. The van der Waals surface area contributed by atoms with Gasteiger partial charge in [-0.1, -0.05) is 13.8 Å². The Balaban J connectivity index is 0.00000324. The van der Waals surface area contributed by atoms with E-state index in [4.69, 9.17) is 5.73 Å². The third-order valence-corrected chi connectivity index (χ3v) is 2.51. The second-order valence-corrected chi connectivity index (χ2v) is 4.36. The summed E-state index contributed by atoms with van der Waals surface area (Å²) in [5, 5.41) is 9.11. The van der Waals surface area contributed by atoms with Crippen molar-refractivity contribution in [2.45, 2.75) is 26.4 Å². The number of amides is 2. The van der Waals surface area contributed by atoms with E-state index in [1.165, 1.54) is 10.9 Å². The van der Waals surface area contributed by atoms with Crippen LogP contribution in [0, 0.1) is 5.92 Å². The van der Waals surface area contributed by atoms with E-state index < -0.39 is 6.04 Å². The van der Waals surface area contributed by atoms with Gasteiger partial charge in [-0.2, -0.15) is 5.10 Å². The highest BCUT2D eigenvalue weighted by molar-refractivity contribution is 5.94. The molecule has 1 heterocycles. The molecule has 0 aromatic carbocycles. The third-order valence-electron chi connectivity index (χ3n) is 2.51. The molecule has 0 radical (unpaired) electrons. The van der Waals surface area contributed by atoms with Gasteiger partial charge in [0.2, 0.25) is 11.8 Å². The number of hydrogen-bond donors (Lipinski definition) is 3. The van der Waals surface area contributed by atoms with E-state index in [1.54, 1.807) is 13.2 Å². The van der Waals surface area contributed by atoms with Crippen molar-refractivity contribution in [3.63, 3.8) is 0 Å². The standard InChI is InChI=1S/C11H19N5O2.ClH/c1-7(2)10(12)11(18)15-8-4-14-16(5-8)6-9(17)13-3;/h4-5,7,10H,6,12H2,1-3H3,(H,13,17)(H,15,18);1H. The highest BCUT2D eigenvalue weighted by Gasteiger charge is 2.17. The molecule has 1 rings (SSSR count). The van der Waals surface area contributed by atoms with E-state index in [9.17, 15) is 9.59 Å². The summed E-state index contributed by atoms with van der Waals surface area (Å²) < 4.78 is 1.44. The van der Waals surface area contributed by atoms with Crippen LogP contribution >= 0.6 is 12.4 Å². The van der Waals surface area contributed by atoms with Gasteiger partial charge in [0.15, 0.2) is 0 Å². The lowest BCUT2D eigenvalue weighted by molar-refractivity contribution is -0.121. The number of carbonyl (C=O) groups is 2. The number of likely N-dealkylation sites (N-methyl/N-ethyl adjacent to an activating group) is 1. The number of nitrogens with two attached hydrogens (primary N) is 1. The Morgan fingerprint density at radius 3 is 2.63 bits per heavy atom. The molecule has 0 aliphatic rings. The summed E-state index contributed by atoms with van der Waals surface area (Å²) in [6.07, 6.45) is 3.06. The van der Waals surface area contributed by atoms with E-state index in [0.29, 0.717) is 5.69 Å². The minimum absolute atomic E-state index is 0. The molecule has 0 spiro atoms. The molecule has 0 saturated carbocycles. The maximum Gasteiger partial charge on any atom is 0.241 e. The van der Waals surface area contributed by atoms with Gasteiger partial charge < -0.3 is 16.4 Å². The fourth-order valence-corrected chi connectivity index (χ4v) is 1.27. The normalized spacial score (nSPS) is 11.6. The number of carbonyl (C=O) groups excluding carboxylic acids is 2. The second kappa shape index (κ2) is 7.75. The first-order valence-corrected chi connectivity index (χ1v) is 5.73. The van der Waals surface area contributed by atoms with E-state index >= 15 is 0 Å². The van der Waals surface area contributed by atoms with Crippen molar-refractivity contribution in [1.82, 2.24) is 15.1 Å². The van der Waals surface area contributed by atoms with E-state index in [2.05, 4.69) is 15.7 Å². The summed E-state index contributed by atoms with van der Waals surface area (Å²) in [5.74, 6) is -0.356. The highest BCUT2D eigenvalue weighted by Crippen LogP contribution is 2.07. The van der Waals surface area contributed by atoms with Crippen LogP contribution in [0.25, 0.3) is 0 Å². The van der Waals surface area contributed by atoms with Crippen LogP contribution in [0.15, 0.2) is 12.4 Å². The Morgan fingerprint density at radius 2 is 2.11 bits per heavy atom. The Bertz CT molecular complexity index is 432. The lowest BCUT2D eigenvalue weighted by Gasteiger charge is -2.14. The van der Waals surface area contributed by atoms with Crippen LogP contribution in [-0.4, -0.2) is 34.7 Å². The predicted molar refractivity (Wildman–Crippen MR) is 75.0 cm³/mol. The molecule has 108 valence electrons. The van der Waals surface area contributed by atoms with Crippen LogP contribution < -0.4 is 16.4 Å². The van der Waals surface area contributed by atoms with Gasteiger partial charge in [0, 0.05) is 13.2 Å². The van der Waals surface area contributed by atoms with Crippen LogP contribution in [0.5, 0.6) is 0 Å². The summed E-state index contributed by atoms with van der Waals surface area (Å²) in [5.41, 5.74) is 6.24. The first-order valence-electron chi connectivity index (χ1n) is 5.73. The molecule has 1 atom stereocenters. The van der Waals surface area contributed by atoms with Crippen molar-refractivity contribution >= 4 is 29.9 Å². The topological polar surface area (TPSA) is 102 Å². The van der Waals surface area contributed by atoms with Gasteiger partial charge in [0.1, 0.15) is 6.54 Å². The Hall–Kier alpha value is -1.60. The van der Waals surface area contributed by atoms with Gasteiger partial charge in [-0.05, 0) is 5.92 Å². The lowest BCUT2D eigenvalue weighted by atomic mass is 10.1.